The third-order valence-electron chi connectivity index (χ3n) is 4.31. The van der Waals surface area contributed by atoms with Crippen LogP contribution in [0.2, 0.25) is 0 Å². The lowest BCUT2D eigenvalue weighted by Crippen LogP contribution is -2.31. The summed E-state index contributed by atoms with van der Waals surface area (Å²) in [6, 6.07) is 5.60. The number of piperidine rings is 1. The van der Waals surface area contributed by atoms with E-state index in [0.717, 1.165) is 25.0 Å². The first kappa shape index (κ1) is 20.8. The van der Waals surface area contributed by atoms with Crippen molar-refractivity contribution in [2.75, 3.05) is 6.54 Å². The topological polar surface area (TPSA) is 95.3 Å². The van der Waals surface area contributed by atoms with Crippen molar-refractivity contribution in [3.05, 3.63) is 57.1 Å². The van der Waals surface area contributed by atoms with Crippen molar-refractivity contribution in [2.24, 2.45) is 0 Å². The minimum Gasteiger partial charge on any atom is -0.481 e. The summed E-state index contributed by atoms with van der Waals surface area (Å²) in [4.78, 5) is 20.2. The van der Waals surface area contributed by atoms with Crippen molar-refractivity contribution < 1.29 is 27.6 Å². The molecule has 0 radical (unpaired) electrons. The van der Waals surface area contributed by atoms with E-state index >= 15 is 0 Å². The zero-order valence-corrected chi connectivity index (χ0v) is 14.9. The summed E-state index contributed by atoms with van der Waals surface area (Å²) >= 11 is 0. The average molecular weight is 386 g/mol. The van der Waals surface area contributed by atoms with E-state index in [-0.39, 0.29) is 23.1 Å². The molecule has 1 saturated heterocycles. The van der Waals surface area contributed by atoms with Gasteiger partial charge in [-0.1, -0.05) is 12.1 Å². The van der Waals surface area contributed by atoms with E-state index in [1.807, 2.05) is 0 Å². The highest BCUT2D eigenvalue weighted by Crippen LogP contribution is 2.36. The Morgan fingerprint density at radius 2 is 1.96 bits per heavy atom. The predicted molar refractivity (Wildman–Crippen MR) is 91.5 cm³/mol. The molecule has 0 amide bonds. The molecule has 2 atom stereocenters. The zero-order valence-electron chi connectivity index (χ0n) is 14.9. The monoisotopic (exact) mass is 386 g/mol. The van der Waals surface area contributed by atoms with E-state index < -0.39 is 17.7 Å². The van der Waals surface area contributed by atoms with Crippen LogP contribution >= 0.6 is 0 Å². The summed E-state index contributed by atoms with van der Waals surface area (Å²) in [7, 11) is 0. The molecule has 2 heterocycles. The van der Waals surface area contributed by atoms with Crippen LogP contribution in [0.4, 0.5) is 13.2 Å². The highest BCUT2D eigenvalue weighted by Gasteiger charge is 2.33. The van der Waals surface area contributed by atoms with Crippen molar-refractivity contribution >= 4 is 5.97 Å². The molecule has 1 aliphatic rings. The van der Waals surface area contributed by atoms with E-state index in [0.29, 0.717) is 18.7 Å². The number of carboxylic acids is 1. The van der Waals surface area contributed by atoms with Crippen LogP contribution < -0.4 is 10.9 Å². The maximum absolute atomic E-state index is 12.8. The van der Waals surface area contributed by atoms with E-state index in [1.165, 1.54) is 19.1 Å². The van der Waals surface area contributed by atoms with Crippen LogP contribution in [0.1, 0.15) is 54.2 Å². The molecule has 9 heteroatoms. The molecule has 3 rings (SSSR count). The van der Waals surface area contributed by atoms with Gasteiger partial charge in [-0.25, -0.2) is 0 Å². The fraction of sp³-hybridized carbons (Fsp3) is 0.444. The summed E-state index contributed by atoms with van der Waals surface area (Å²) in [5, 5.41) is 13.0. The first-order valence-corrected chi connectivity index (χ1v) is 8.37. The van der Waals surface area contributed by atoms with Gasteiger partial charge in [-0.3, -0.25) is 9.59 Å². The molecule has 0 spiro atoms. The lowest BCUT2D eigenvalue weighted by Gasteiger charge is -2.29. The Kier molecular flexibility index (Phi) is 6.48. The van der Waals surface area contributed by atoms with E-state index in [2.05, 4.69) is 10.5 Å². The number of carbonyl (C=O) groups is 1. The number of rotatable bonds is 2. The van der Waals surface area contributed by atoms with Gasteiger partial charge < -0.3 is 14.9 Å². The van der Waals surface area contributed by atoms with Crippen LogP contribution in [0.3, 0.4) is 0 Å². The molecule has 1 aliphatic heterocycles. The number of carboxylic acid groups (broad SMARTS) is 1. The van der Waals surface area contributed by atoms with Crippen molar-refractivity contribution in [1.29, 1.82) is 0 Å². The third-order valence-corrected chi connectivity index (χ3v) is 4.31. The number of hydrogen-bond acceptors (Lipinski definition) is 4. The van der Waals surface area contributed by atoms with Crippen LogP contribution in [0, 0.1) is 6.92 Å². The minimum atomic E-state index is -4.33. The van der Waals surface area contributed by atoms with Crippen LogP contribution in [0.25, 0.3) is 0 Å². The third kappa shape index (κ3) is 5.72. The normalized spacial score (nSPS) is 19.9. The summed E-state index contributed by atoms with van der Waals surface area (Å²) in [6.07, 6.45) is -2.85. The molecule has 1 aromatic carbocycles. The number of aryl methyl sites for hydroxylation is 1. The summed E-state index contributed by atoms with van der Waals surface area (Å²) in [6.45, 7) is 3.27. The number of aromatic amines is 1. The number of halogens is 3. The highest BCUT2D eigenvalue weighted by atomic mass is 19.4. The van der Waals surface area contributed by atoms with E-state index in [9.17, 15) is 18.0 Å². The molecule has 0 saturated carbocycles. The van der Waals surface area contributed by atoms with E-state index in [1.54, 1.807) is 6.07 Å². The number of hydrogen-bond donors (Lipinski definition) is 3. The van der Waals surface area contributed by atoms with Gasteiger partial charge in [0.2, 0.25) is 0 Å². The molecule has 0 bridgehead atoms. The Balaban J connectivity index is 0.000000596. The van der Waals surface area contributed by atoms with Gasteiger partial charge >= 0.3 is 6.18 Å². The fourth-order valence-corrected chi connectivity index (χ4v) is 3.15. The second kappa shape index (κ2) is 8.43. The Hall–Kier alpha value is -2.55. The molecule has 0 unspecified atom stereocenters. The highest BCUT2D eigenvalue weighted by molar-refractivity contribution is 5.62. The van der Waals surface area contributed by atoms with Gasteiger partial charge in [0.25, 0.3) is 11.5 Å². The van der Waals surface area contributed by atoms with Gasteiger partial charge in [-0.05, 0) is 43.5 Å². The first-order chi connectivity index (χ1) is 12.6. The lowest BCUT2D eigenvalue weighted by atomic mass is 9.86. The van der Waals surface area contributed by atoms with Crippen molar-refractivity contribution in [2.45, 2.75) is 44.8 Å². The van der Waals surface area contributed by atoms with Gasteiger partial charge in [-0.2, -0.15) is 18.3 Å². The number of benzene rings is 1. The molecule has 2 aromatic rings. The Bertz CT molecular complexity index is 838. The van der Waals surface area contributed by atoms with E-state index in [4.69, 9.17) is 14.4 Å². The van der Waals surface area contributed by atoms with Crippen molar-refractivity contribution in [3.63, 3.8) is 0 Å². The van der Waals surface area contributed by atoms with Crippen LogP contribution in [0.15, 0.2) is 33.6 Å². The Morgan fingerprint density at radius 1 is 1.30 bits per heavy atom. The first-order valence-electron chi connectivity index (χ1n) is 8.37. The van der Waals surface area contributed by atoms with Crippen LogP contribution in [-0.2, 0) is 11.0 Å². The maximum Gasteiger partial charge on any atom is 0.416 e. The molecular weight excluding hydrogens is 365 g/mol. The van der Waals surface area contributed by atoms with Crippen molar-refractivity contribution in [1.82, 2.24) is 10.5 Å². The second-order valence-corrected chi connectivity index (χ2v) is 6.43. The largest absolute Gasteiger partial charge is 0.481 e. The van der Waals surface area contributed by atoms with Gasteiger partial charge in [0.1, 0.15) is 5.76 Å². The van der Waals surface area contributed by atoms with Crippen molar-refractivity contribution in [3.8, 4) is 0 Å². The zero-order chi connectivity index (χ0) is 20.2. The fourth-order valence-electron chi connectivity index (χ4n) is 3.15. The summed E-state index contributed by atoms with van der Waals surface area (Å²) in [5.41, 5.74) is 0.149. The summed E-state index contributed by atoms with van der Waals surface area (Å²) < 4.78 is 43.7. The summed E-state index contributed by atoms with van der Waals surface area (Å²) in [5.74, 6) is -0.159. The molecule has 0 aliphatic carbocycles. The SMILES string of the molecule is CC(=O)O.Cc1cc([C@H]2C[C@H](c3cc(=O)[nH]o3)CCN2)ccc1C(F)(F)F. The molecule has 148 valence electrons. The predicted octanol–water partition coefficient (Wildman–Crippen LogP) is 3.59. The Labute approximate surface area is 153 Å². The number of alkyl halides is 3. The molecular formula is C18H21F3N2O4. The number of nitrogens with one attached hydrogen (secondary N) is 2. The number of aliphatic carboxylic acids is 1. The lowest BCUT2D eigenvalue weighted by molar-refractivity contribution is -0.138. The molecule has 1 aromatic heterocycles. The van der Waals surface area contributed by atoms with Gasteiger partial charge in [0.15, 0.2) is 0 Å². The smallest absolute Gasteiger partial charge is 0.416 e. The van der Waals surface area contributed by atoms with Gasteiger partial charge in [0, 0.05) is 24.9 Å². The Morgan fingerprint density at radius 3 is 2.48 bits per heavy atom. The van der Waals surface area contributed by atoms with Crippen LogP contribution in [-0.4, -0.2) is 22.8 Å². The molecule has 6 nitrogen and oxygen atoms in total. The van der Waals surface area contributed by atoms with Gasteiger partial charge in [0.05, 0.1) is 5.56 Å². The second-order valence-electron chi connectivity index (χ2n) is 6.43. The minimum absolute atomic E-state index is 0.0602. The standard InChI is InChI=1S/C16H17F3N2O2.C2H4O2/c1-9-6-10(2-3-12(9)16(17,18)19)13-7-11(4-5-20-13)14-8-15(22)21-23-14;1-2(3)4/h2-3,6,8,11,13,20H,4-5,7H2,1H3,(H,21,22);1H3,(H,3,4)/t11-,13-;/m1./s1. The quantitative estimate of drug-likeness (QED) is 0.733. The number of H-pyrrole nitrogens is 1. The number of aromatic nitrogens is 1. The van der Waals surface area contributed by atoms with Gasteiger partial charge in [-0.15, -0.1) is 0 Å². The maximum atomic E-state index is 12.8. The molecule has 3 N–H and O–H groups in total. The van der Waals surface area contributed by atoms with Crippen LogP contribution in [0.5, 0.6) is 0 Å². The molecule has 27 heavy (non-hydrogen) atoms. The average Bonchev–Trinajstić information content (AvgIpc) is 3.00. The molecule has 1 fully saturated rings.